The van der Waals surface area contributed by atoms with Crippen molar-refractivity contribution < 1.29 is 27.5 Å². The van der Waals surface area contributed by atoms with Crippen LogP contribution in [0.2, 0.25) is 0 Å². The summed E-state index contributed by atoms with van der Waals surface area (Å²) in [4.78, 5) is 28.2. The molecular formula is C30H32N2O6S. The van der Waals surface area contributed by atoms with Crippen LogP contribution in [0, 0.1) is 0 Å². The molecular weight excluding hydrogens is 516 g/mol. The number of rotatable bonds is 8. The average Bonchev–Trinajstić information content (AvgIpc) is 3.00. The topological polar surface area (TPSA) is 93.2 Å². The van der Waals surface area contributed by atoms with Gasteiger partial charge in [0.25, 0.3) is 0 Å². The maximum Gasteiger partial charge on any atom is 0.340 e. The van der Waals surface area contributed by atoms with E-state index in [1.165, 1.54) is 10.4 Å². The van der Waals surface area contributed by atoms with Crippen LogP contribution in [0.15, 0.2) is 77.7 Å². The zero-order valence-electron chi connectivity index (χ0n) is 21.8. The van der Waals surface area contributed by atoms with Crippen LogP contribution in [0.25, 0.3) is 11.1 Å². The second-order valence-electron chi connectivity index (χ2n) is 9.69. The first-order valence-corrected chi connectivity index (χ1v) is 14.7. The Labute approximate surface area is 229 Å². The molecule has 2 heterocycles. The number of carbonyl (C=O) groups is 2. The number of Topliss-reactive ketones (excluding diaryl/α,β-unsaturated/α-hetero) is 1. The number of hydrogen-bond donors (Lipinski definition) is 0. The van der Waals surface area contributed by atoms with E-state index in [1.54, 1.807) is 24.3 Å². The molecule has 2 aliphatic rings. The van der Waals surface area contributed by atoms with Gasteiger partial charge in [0.05, 0.1) is 29.4 Å². The molecule has 0 aromatic heterocycles. The van der Waals surface area contributed by atoms with Crippen LogP contribution in [0.4, 0.5) is 5.69 Å². The lowest BCUT2D eigenvalue weighted by molar-refractivity contribution is 0.0474. The molecule has 0 aliphatic carbocycles. The monoisotopic (exact) mass is 548 g/mol. The van der Waals surface area contributed by atoms with E-state index >= 15 is 0 Å². The second kappa shape index (κ2) is 12.1. The lowest BCUT2D eigenvalue weighted by Gasteiger charge is -2.31. The Hall–Kier alpha value is -3.53. The Bertz CT molecular complexity index is 1410. The molecule has 0 unspecified atom stereocenters. The Morgan fingerprint density at radius 1 is 0.795 bits per heavy atom. The van der Waals surface area contributed by atoms with Gasteiger partial charge in [0.1, 0.15) is 0 Å². The zero-order valence-corrected chi connectivity index (χ0v) is 22.6. The fourth-order valence-electron chi connectivity index (χ4n) is 4.94. The minimum Gasteiger partial charge on any atom is -0.454 e. The van der Waals surface area contributed by atoms with Crippen molar-refractivity contribution in [3.8, 4) is 11.1 Å². The molecule has 2 saturated heterocycles. The summed E-state index contributed by atoms with van der Waals surface area (Å²) in [6, 6.07) is 21.5. The molecule has 39 heavy (non-hydrogen) atoms. The van der Waals surface area contributed by atoms with Crippen molar-refractivity contribution in [1.82, 2.24) is 4.31 Å². The Kier molecular flexibility index (Phi) is 8.40. The van der Waals surface area contributed by atoms with Gasteiger partial charge in [-0.1, -0.05) is 61.0 Å². The maximum atomic E-state index is 13.3. The summed E-state index contributed by atoms with van der Waals surface area (Å²) in [6.07, 6.45) is 2.63. The smallest absolute Gasteiger partial charge is 0.340 e. The first-order chi connectivity index (χ1) is 18.9. The van der Waals surface area contributed by atoms with Crippen LogP contribution >= 0.6 is 0 Å². The number of nitrogens with zero attached hydrogens (tertiary/aromatic N) is 2. The van der Waals surface area contributed by atoms with E-state index in [-0.39, 0.29) is 16.2 Å². The minimum atomic E-state index is -3.75. The van der Waals surface area contributed by atoms with Crippen LogP contribution in [0.3, 0.4) is 0 Å². The predicted molar refractivity (Wildman–Crippen MR) is 149 cm³/mol. The summed E-state index contributed by atoms with van der Waals surface area (Å²) in [5.41, 5.74) is 3.14. The third-order valence-corrected chi connectivity index (χ3v) is 9.04. The molecule has 0 bridgehead atoms. The number of benzene rings is 3. The van der Waals surface area contributed by atoms with Gasteiger partial charge in [0.15, 0.2) is 12.4 Å². The van der Waals surface area contributed by atoms with E-state index < -0.39 is 22.6 Å². The van der Waals surface area contributed by atoms with E-state index in [9.17, 15) is 18.0 Å². The van der Waals surface area contributed by atoms with Crippen molar-refractivity contribution >= 4 is 27.5 Å². The molecule has 2 fully saturated rings. The quantitative estimate of drug-likeness (QED) is 0.304. The minimum absolute atomic E-state index is 0.0520. The molecule has 5 rings (SSSR count). The summed E-state index contributed by atoms with van der Waals surface area (Å²) < 4.78 is 39.0. The molecule has 0 saturated carbocycles. The van der Waals surface area contributed by atoms with Gasteiger partial charge in [-0.3, -0.25) is 4.79 Å². The van der Waals surface area contributed by atoms with Gasteiger partial charge >= 0.3 is 5.97 Å². The summed E-state index contributed by atoms with van der Waals surface area (Å²) in [7, 11) is -3.75. The van der Waals surface area contributed by atoms with Crippen molar-refractivity contribution in [1.29, 1.82) is 0 Å². The highest BCUT2D eigenvalue weighted by molar-refractivity contribution is 7.89. The number of ketones is 1. The van der Waals surface area contributed by atoms with E-state index in [0.29, 0.717) is 50.6 Å². The van der Waals surface area contributed by atoms with Crippen molar-refractivity contribution in [2.75, 3.05) is 50.9 Å². The molecule has 0 radical (unpaired) electrons. The molecule has 3 aromatic carbocycles. The Balaban J connectivity index is 1.34. The van der Waals surface area contributed by atoms with Crippen molar-refractivity contribution in [3.63, 3.8) is 0 Å². The fraction of sp³-hybridized carbons (Fsp3) is 0.333. The highest BCUT2D eigenvalue weighted by atomic mass is 32.2. The van der Waals surface area contributed by atoms with Crippen molar-refractivity contribution in [3.05, 3.63) is 83.9 Å². The molecule has 0 spiro atoms. The van der Waals surface area contributed by atoms with Crippen molar-refractivity contribution in [2.45, 2.75) is 24.2 Å². The number of carbonyl (C=O) groups excluding carboxylic acids is 2. The molecule has 0 N–H and O–H groups in total. The second-order valence-corrected chi connectivity index (χ2v) is 11.6. The number of sulfonamides is 1. The van der Waals surface area contributed by atoms with Gasteiger partial charge in [-0.2, -0.15) is 4.31 Å². The van der Waals surface area contributed by atoms with Crippen molar-refractivity contribution in [2.24, 2.45) is 0 Å². The molecule has 2 aliphatic heterocycles. The van der Waals surface area contributed by atoms with Gasteiger partial charge in [-0.25, -0.2) is 13.2 Å². The highest BCUT2D eigenvalue weighted by Crippen LogP contribution is 2.29. The highest BCUT2D eigenvalue weighted by Gasteiger charge is 2.29. The Morgan fingerprint density at radius 2 is 1.46 bits per heavy atom. The van der Waals surface area contributed by atoms with Crippen LogP contribution in [0.1, 0.15) is 40.0 Å². The number of piperidine rings is 1. The number of morpholine rings is 1. The van der Waals surface area contributed by atoms with Gasteiger partial charge in [0.2, 0.25) is 10.0 Å². The average molecular weight is 549 g/mol. The predicted octanol–water partition coefficient (Wildman–Crippen LogP) is 4.40. The maximum absolute atomic E-state index is 13.3. The molecule has 9 heteroatoms. The molecule has 3 aromatic rings. The van der Waals surface area contributed by atoms with Crippen LogP contribution in [0.5, 0.6) is 0 Å². The van der Waals surface area contributed by atoms with E-state index in [1.807, 2.05) is 47.4 Å². The van der Waals surface area contributed by atoms with Crippen LogP contribution in [-0.2, 0) is 19.5 Å². The molecule has 0 amide bonds. The molecule has 8 nitrogen and oxygen atoms in total. The SMILES string of the molecule is O=C(COC(=O)c1cc(S(=O)(=O)N2CCCCC2)ccc1N1CCOCC1)c1ccc(-c2ccccc2)cc1. The van der Waals surface area contributed by atoms with E-state index in [0.717, 1.165) is 30.4 Å². The van der Waals surface area contributed by atoms with E-state index in [4.69, 9.17) is 9.47 Å². The summed E-state index contributed by atoms with van der Waals surface area (Å²) in [5, 5.41) is 0. The number of ether oxygens (including phenoxy) is 2. The summed E-state index contributed by atoms with van der Waals surface area (Å²) in [5.74, 6) is -1.07. The third-order valence-electron chi connectivity index (χ3n) is 7.14. The van der Waals surface area contributed by atoms with Crippen LogP contribution < -0.4 is 4.90 Å². The Morgan fingerprint density at radius 3 is 2.15 bits per heavy atom. The molecule has 0 atom stereocenters. The van der Waals surface area contributed by atoms with Gasteiger partial charge in [-0.15, -0.1) is 0 Å². The van der Waals surface area contributed by atoms with Gasteiger partial charge in [-0.05, 0) is 42.2 Å². The normalized spacial score (nSPS) is 16.6. The lowest BCUT2D eigenvalue weighted by Crippen LogP contribution is -2.38. The third kappa shape index (κ3) is 6.21. The first-order valence-electron chi connectivity index (χ1n) is 13.3. The number of hydrogen-bond acceptors (Lipinski definition) is 7. The van der Waals surface area contributed by atoms with Gasteiger partial charge < -0.3 is 14.4 Å². The number of anilines is 1. The number of esters is 1. The fourth-order valence-corrected chi connectivity index (χ4v) is 6.49. The lowest BCUT2D eigenvalue weighted by atomic mass is 10.0. The summed E-state index contributed by atoms with van der Waals surface area (Å²) in [6.45, 7) is 2.60. The first kappa shape index (κ1) is 27.1. The van der Waals surface area contributed by atoms with E-state index in [2.05, 4.69) is 0 Å². The zero-order chi connectivity index (χ0) is 27.2. The standard InChI is InChI=1S/C30H32N2O6S/c33-29(25-11-9-24(10-12-25)23-7-3-1-4-8-23)22-38-30(34)27-21-26(39(35,36)32-15-5-2-6-16-32)13-14-28(27)31-17-19-37-20-18-31/h1,3-4,7-14,21H,2,5-6,15-20,22H2. The van der Waals surface area contributed by atoms with Gasteiger partial charge in [0, 0.05) is 31.7 Å². The summed E-state index contributed by atoms with van der Waals surface area (Å²) >= 11 is 0. The van der Waals surface area contributed by atoms with Crippen LogP contribution in [-0.4, -0.2) is 70.5 Å². The largest absolute Gasteiger partial charge is 0.454 e. The molecule has 204 valence electrons.